The molecule has 0 bridgehead atoms. The monoisotopic (exact) mass is 391 g/mol. The summed E-state index contributed by atoms with van der Waals surface area (Å²) in [4.78, 5) is 29.8. The Balaban J connectivity index is 1.66. The van der Waals surface area contributed by atoms with Crippen molar-refractivity contribution in [2.45, 2.75) is 31.6 Å². The van der Waals surface area contributed by atoms with Gasteiger partial charge in [-0.15, -0.1) is 0 Å². The molecule has 5 heteroatoms. The zero-order chi connectivity index (χ0) is 20.4. The van der Waals surface area contributed by atoms with E-state index in [0.717, 1.165) is 68.7 Å². The van der Waals surface area contributed by atoms with Crippen LogP contribution in [-0.4, -0.2) is 54.3 Å². The van der Waals surface area contributed by atoms with Gasteiger partial charge in [-0.2, -0.15) is 0 Å². The van der Waals surface area contributed by atoms with Gasteiger partial charge in [0.2, 0.25) is 5.91 Å². The van der Waals surface area contributed by atoms with E-state index < -0.39 is 5.41 Å². The number of carbonyl (C=O) groups excluding carboxylic acids is 2. The molecule has 0 aromatic heterocycles. The van der Waals surface area contributed by atoms with Gasteiger partial charge in [0.25, 0.3) is 5.91 Å². The van der Waals surface area contributed by atoms with Crippen molar-refractivity contribution in [3.8, 4) is 11.1 Å². The SMILES string of the molecule is CCCN1CCN(C(=O)c2ccc(C3(C(N)=O)CC3)cc2-c2ccccc2)CC1. The van der Waals surface area contributed by atoms with Crippen molar-refractivity contribution < 1.29 is 9.59 Å². The molecule has 0 unspecified atom stereocenters. The molecule has 4 rings (SSSR count). The lowest BCUT2D eigenvalue weighted by molar-refractivity contribution is -0.120. The lowest BCUT2D eigenvalue weighted by atomic mass is 9.89. The first kappa shape index (κ1) is 19.6. The Morgan fingerprint density at radius 3 is 2.28 bits per heavy atom. The first-order valence-electron chi connectivity index (χ1n) is 10.6. The minimum absolute atomic E-state index is 0.0653. The molecule has 2 aliphatic rings. The molecule has 1 saturated heterocycles. The number of hydrogen-bond donors (Lipinski definition) is 1. The summed E-state index contributed by atoms with van der Waals surface area (Å²) < 4.78 is 0. The topological polar surface area (TPSA) is 66.6 Å². The number of carbonyl (C=O) groups is 2. The van der Waals surface area contributed by atoms with Crippen molar-refractivity contribution in [1.82, 2.24) is 9.80 Å². The first-order valence-corrected chi connectivity index (χ1v) is 10.6. The van der Waals surface area contributed by atoms with Crippen LogP contribution >= 0.6 is 0 Å². The fraction of sp³-hybridized carbons (Fsp3) is 0.417. The Bertz CT molecular complexity index is 898. The molecule has 2 aromatic rings. The summed E-state index contributed by atoms with van der Waals surface area (Å²) in [6.45, 7) is 6.61. The van der Waals surface area contributed by atoms with Gasteiger partial charge in [-0.25, -0.2) is 0 Å². The molecule has 2 aromatic carbocycles. The van der Waals surface area contributed by atoms with Crippen LogP contribution in [0.5, 0.6) is 0 Å². The fourth-order valence-electron chi connectivity index (χ4n) is 4.35. The van der Waals surface area contributed by atoms with E-state index in [1.165, 1.54) is 0 Å². The Hall–Kier alpha value is -2.66. The van der Waals surface area contributed by atoms with Gasteiger partial charge in [0.15, 0.2) is 0 Å². The van der Waals surface area contributed by atoms with E-state index in [0.29, 0.717) is 5.56 Å². The highest BCUT2D eigenvalue weighted by atomic mass is 16.2. The lowest BCUT2D eigenvalue weighted by Crippen LogP contribution is -2.48. The molecule has 1 aliphatic heterocycles. The molecule has 0 atom stereocenters. The van der Waals surface area contributed by atoms with Gasteiger partial charge in [-0.1, -0.05) is 43.3 Å². The van der Waals surface area contributed by atoms with Crippen molar-refractivity contribution in [3.05, 3.63) is 59.7 Å². The molecular weight excluding hydrogens is 362 g/mol. The van der Waals surface area contributed by atoms with Crippen LogP contribution in [0.3, 0.4) is 0 Å². The zero-order valence-corrected chi connectivity index (χ0v) is 17.1. The number of hydrogen-bond acceptors (Lipinski definition) is 3. The molecule has 1 heterocycles. The van der Waals surface area contributed by atoms with Crippen LogP contribution in [0.1, 0.15) is 42.1 Å². The Labute approximate surface area is 172 Å². The summed E-state index contributed by atoms with van der Waals surface area (Å²) in [6, 6.07) is 15.8. The van der Waals surface area contributed by atoms with Gasteiger partial charge in [-0.3, -0.25) is 14.5 Å². The molecule has 0 spiro atoms. The standard InChI is InChI=1S/C24H29N3O2/c1-2-12-26-13-15-27(16-14-26)22(28)20-9-8-19(24(10-11-24)23(25)29)17-21(20)18-6-4-3-5-7-18/h3-9,17H,2,10-16H2,1H3,(H2,25,29). The predicted octanol–water partition coefficient (Wildman–Crippen LogP) is 3.04. The zero-order valence-electron chi connectivity index (χ0n) is 17.1. The predicted molar refractivity (Wildman–Crippen MR) is 115 cm³/mol. The van der Waals surface area contributed by atoms with Crippen LogP contribution in [0.4, 0.5) is 0 Å². The molecule has 29 heavy (non-hydrogen) atoms. The molecule has 2 N–H and O–H groups in total. The molecule has 1 saturated carbocycles. The Morgan fingerprint density at radius 2 is 1.69 bits per heavy atom. The quantitative estimate of drug-likeness (QED) is 0.823. The van der Waals surface area contributed by atoms with Crippen molar-refractivity contribution in [3.63, 3.8) is 0 Å². The van der Waals surface area contributed by atoms with Crippen LogP contribution in [0.25, 0.3) is 11.1 Å². The molecule has 2 amide bonds. The molecule has 152 valence electrons. The second kappa shape index (κ2) is 7.99. The minimum Gasteiger partial charge on any atom is -0.369 e. The number of amides is 2. The second-order valence-electron chi connectivity index (χ2n) is 8.21. The summed E-state index contributed by atoms with van der Waals surface area (Å²) in [5, 5.41) is 0. The number of rotatable bonds is 6. The fourth-order valence-corrected chi connectivity index (χ4v) is 4.35. The van der Waals surface area contributed by atoms with Crippen molar-refractivity contribution in [2.24, 2.45) is 5.73 Å². The van der Waals surface area contributed by atoms with Crippen LogP contribution in [-0.2, 0) is 10.2 Å². The minimum atomic E-state index is -0.559. The molecule has 1 aliphatic carbocycles. The summed E-state index contributed by atoms with van der Waals surface area (Å²) in [5.41, 5.74) is 8.63. The van der Waals surface area contributed by atoms with Gasteiger partial charge in [0, 0.05) is 31.7 Å². The summed E-state index contributed by atoms with van der Waals surface area (Å²) in [5.74, 6) is -0.210. The summed E-state index contributed by atoms with van der Waals surface area (Å²) in [6.07, 6.45) is 2.70. The third-order valence-electron chi connectivity index (χ3n) is 6.31. The highest BCUT2D eigenvalue weighted by Gasteiger charge is 2.50. The van der Waals surface area contributed by atoms with E-state index in [4.69, 9.17) is 5.73 Å². The molecule has 0 radical (unpaired) electrons. The van der Waals surface area contributed by atoms with Gasteiger partial charge < -0.3 is 10.6 Å². The maximum atomic E-state index is 13.4. The van der Waals surface area contributed by atoms with E-state index in [1.54, 1.807) is 0 Å². The van der Waals surface area contributed by atoms with E-state index in [-0.39, 0.29) is 11.8 Å². The smallest absolute Gasteiger partial charge is 0.254 e. The van der Waals surface area contributed by atoms with Crippen LogP contribution in [0, 0.1) is 0 Å². The van der Waals surface area contributed by atoms with Gasteiger partial charge in [0.1, 0.15) is 0 Å². The third kappa shape index (κ3) is 3.79. The van der Waals surface area contributed by atoms with Gasteiger partial charge in [0.05, 0.1) is 5.41 Å². The number of piperazine rings is 1. The molecule has 2 fully saturated rings. The molecular formula is C24H29N3O2. The highest BCUT2D eigenvalue weighted by molar-refractivity contribution is 6.01. The largest absolute Gasteiger partial charge is 0.369 e. The van der Waals surface area contributed by atoms with Crippen LogP contribution in [0.2, 0.25) is 0 Å². The van der Waals surface area contributed by atoms with Gasteiger partial charge in [-0.05, 0) is 54.6 Å². The maximum Gasteiger partial charge on any atom is 0.254 e. The summed E-state index contributed by atoms with van der Waals surface area (Å²) >= 11 is 0. The van der Waals surface area contributed by atoms with E-state index in [1.807, 2.05) is 53.4 Å². The maximum absolute atomic E-state index is 13.4. The van der Waals surface area contributed by atoms with E-state index in [2.05, 4.69) is 11.8 Å². The van der Waals surface area contributed by atoms with Crippen LogP contribution in [0.15, 0.2) is 48.5 Å². The number of nitrogens with zero attached hydrogens (tertiary/aromatic N) is 2. The van der Waals surface area contributed by atoms with E-state index >= 15 is 0 Å². The van der Waals surface area contributed by atoms with Crippen molar-refractivity contribution in [2.75, 3.05) is 32.7 Å². The number of benzene rings is 2. The Morgan fingerprint density at radius 1 is 1.00 bits per heavy atom. The van der Waals surface area contributed by atoms with Gasteiger partial charge >= 0.3 is 0 Å². The normalized spacial score (nSPS) is 18.4. The third-order valence-corrected chi connectivity index (χ3v) is 6.31. The summed E-state index contributed by atoms with van der Waals surface area (Å²) in [7, 11) is 0. The van der Waals surface area contributed by atoms with Crippen LogP contribution < -0.4 is 5.73 Å². The lowest BCUT2D eigenvalue weighted by Gasteiger charge is -2.35. The average Bonchev–Trinajstić information content (AvgIpc) is 3.57. The average molecular weight is 392 g/mol. The Kier molecular flexibility index (Phi) is 5.41. The number of nitrogens with two attached hydrogens (primary N) is 1. The second-order valence-corrected chi connectivity index (χ2v) is 8.21. The van der Waals surface area contributed by atoms with Crippen molar-refractivity contribution >= 4 is 11.8 Å². The number of primary amides is 1. The van der Waals surface area contributed by atoms with E-state index in [9.17, 15) is 9.59 Å². The highest BCUT2D eigenvalue weighted by Crippen LogP contribution is 2.49. The first-order chi connectivity index (χ1) is 14.0. The molecule has 5 nitrogen and oxygen atoms in total. The van der Waals surface area contributed by atoms with Crippen molar-refractivity contribution in [1.29, 1.82) is 0 Å².